The van der Waals surface area contributed by atoms with Crippen LogP contribution in [0.25, 0.3) is 0 Å². The van der Waals surface area contributed by atoms with Crippen LogP contribution in [0, 0.1) is 0 Å². The fraction of sp³-hybridized carbons (Fsp3) is 0.471. The predicted octanol–water partition coefficient (Wildman–Crippen LogP) is 3.85. The molecule has 7 aliphatic rings. The topological polar surface area (TPSA) is 340 Å². The Bertz CT molecular complexity index is 3210. The average molecular weight is 1260 g/mol. The Morgan fingerprint density at radius 1 is 0.370 bits per heavy atom. The highest BCUT2D eigenvalue weighted by atomic mass is 16.2. The van der Waals surface area contributed by atoms with Gasteiger partial charge in [0.05, 0.1) is 12.1 Å². The maximum Gasteiger partial charge on any atom is 0.251 e. The zero-order valence-corrected chi connectivity index (χ0v) is 51.6. The minimum absolute atomic E-state index is 0.0366. The molecule has 3 aliphatic heterocycles. The number of likely N-dealkylation sites (tertiary alicyclic amines) is 1. The molecule has 10 atom stereocenters. The molecule has 4 saturated carbocycles. The molecule has 4 aliphatic carbocycles. The summed E-state index contributed by atoms with van der Waals surface area (Å²) in [6.07, 6.45) is 10.5. The number of fused-ring (bicyclic) bond motifs is 12. The van der Waals surface area contributed by atoms with Crippen molar-refractivity contribution in [2.45, 2.75) is 182 Å². The first kappa shape index (κ1) is 64.1. The molecule has 0 radical (unpaired) electrons. The van der Waals surface area contributed by atoms with Gasteiger partial charge in [0, 0.05) is 137 Å². The summed E-state index contributed by atoms with van der Waals surface area (Å²) in [4.78, 5) is 171. The van der Waals surface area contributed by atoms with Gasteiger partial charge in [-0.15, -0.1) is 0 Å². The number of hydrogen-bond donors (Lipinski definition) is 11. The van der Waals surface area contributed by atoms with Crippen molar-refractivity contribution >= 4 is 70.9 Å². The second-order valence-electron chi connectivity index (χ2n) is 25.5. The van der Waals surface area contributed by atoms with Gasteiger partial charge in [0.1, 0.15) is 0 Å². The highest BCUT2D eigenvalue weighted by molar-refractivity contribution is 6.07. The summed E-state index contributed by atoms with van der Waals surface area (Å²) in [6, 6.07) is 14.7. The van der Waals surface area contributed by atoms with E-state index in [1.54, 1.807) is 36.4 Å². The molecule has 0 unspecified atom stereocenters. The van der Waals surface area contributed by atoms with Crippen molar-refractivity contribution in [3.8, 4) is 0 Å². The van der Waals surface area contributed by atoms with Crippen LogP contribution in [-0.4, -0.2) is 156 Å². The minimum Gasteiger partial charge on any atom is -0.359 e. The maximum atomic E-state index is 15.0. The van der Waals surface area contributed by atoms with Crippen LogP contribution < -0.4 is 58.5 Å². The zero-order chi connectivity index (χ0) is 64.6. The standard InChI is InChI=1S/C68H80N12O12/c1-69-57(81)25-12-26-58(82)80-35-55(78-67(91)45-31-41-29-42(32-45)64(88)75-52-22-7-3-18-48(52)71-60(84)38-14-10-13-37(27-38)59(83)70-47-17-2-6-21-51(47)74-63(41)87)56(36-80)79-68(92)46-33-43-30-44(34-46)66(90)77-54-24-9-5-20-50(54)73-62(86)40-16-11-15-39(28-40)61(85)72-49-19-4-8-23-53(49)76-65(43)89/h10-11,13-16,27-34,47-56H,2-9,12,17-26,35-36H2,1H3,(H,69,81)(H,70,83)(H,71,84)(H,72,85)(H,73,86)(H,74,87)(H,75,88)(H,76,89)(H,77,90)(H,78,91)(H,79,92)/t47-,48-,49-,50-,51-,52-,53-,54-,55+,56+/m1/s1. The quantitative estimate of drug-likeness (QED) is 0.120. The number of carbonyl (C=O) groups excluding carboxylic acids is 12. The molecule has 3 heterocycles. The number of carbonyl (C=O) groups is 12. The van der Waals surface area contributed by atoms with E-state index in [9.17, 15) is 57.5 Å². The van der Waals surface area contributed by atoms with Gasteiger partial charge < -0.3 is 63.4 Å². The number of rotatable bonds is 8. The second kappa shape index (κ2) is 28.8. The number of amides is 12. The van der Waals surface area contributed by atoms with E-state index in [2.05, 4.69) is 58.5 Å². The van der Waals surface area contributed by atoms with Gasteiger partial charge >= 0.3 is 0 Å². The first-order chi connectivity index (χ1) is 44.4. The molecular formula is C68H80N12O12. The van der Waals surface area contributed by atoms with Crippen molar-refractivity contribution in [3.05, 3.63) is 141 Å². The molecular weight excluding hydrogens is 1180 g/mol. The summed E-state index contributed by atoms with van der Waals surface area (Å²) in [5.41, 5.74) is 0.698. The third-order valence-corrected chi connectivity index (χ3v) is 19.2. The van der Waals surface area contributed by atoms with Crippen LogP contribution in [0.5, 0.6) is 0 Å². The Labute approximate surface area is 532 Å². The monoisotopic (exact) mass is 1260 g/mol. The van der Waals surface area contributed by atoms with E-state index >= 15 is 0 Å². The van der Waals surface area contributed by atoms with Gasteiger partial charge in [0.15, 0.2) is 0 Å². The van der Waals surface area contributed by atoms with Gasteiger partial charge in [0.25, 0.3) is 59.1 Å². The first-order valence-corrected chi connectivity index (χ1v) is 32.5. The zero-order valence-electron chi connectivity index (χ0n) is 51.6. The molecule has 4 aromatic carbocycles. The molecule has 0 aromatic heterocycles. The highest BCUT2D eigenvalue weighted by Gasteiger charge is 2.40. The van der Waals surface area contributed by atoms with Crippen LogP contribution in [-0.2, 0) is 9.59 Å². The van der Waals surface area contributed by atoms with E-state index in [-0.39, 0.29) is 99.8 Å². The van der Waals surface area contributed by atoms with Gasteiger partial charge in [-0.1, -0.05) is 63.5 Å². The molecule has 24 nitrogen and oxygen atoms in total. The van der Waals surface area contributed by atoms with Gasteiger partial charge in [-0.25, -0.2) is 0 Å². The minimum atomic E-state index is -1.03. The van der Waals surface area contributed by atoms with E-state index in [1.807, 2.05) is 0 Å². The fourth-order valence-electron chi connectivity index (χ4n) is 14.1. The fourth-order valence-corrected chi connectivity index (χ4v) is 14.1. The van der Waals surface area contributed by atoms with Crippen molar-refractivity contribution in [3.63, 3.8) is 0 Å². The van der Waals surface area contributed by atoms with Crippen LogP contribution in [0.3, 0.4) is 0 Å². The van der Waals surface area contributed by atoms with Crippen LogP contribution in [0.4, 0.5) is 0 Å². The lowest BCUT2D eigenvalue weighted by Crippen LogP contribution is -2.54. The van der Waals surface area contributed by atoms with Crippen molar-refractivity contribution in [2.24, 2.45) is 0 Å². The van der Waals surface area contributed by atoms with E-state index in [0.29, 0.717) is 51.4 Å². The van der Waals surface area contributed by atoms with E-state index < -0.39 is 119 Å². The molecule has 5 fully saturated rings. The van der Waals surface area contributed by atoms with E-state index in [0.717, 1.165) is 51.4 Å². The molecule has 8 bridgehead atoms. The smallest absolute Gasteiger partial charge is 0.251 e. The number of nitrogens with one attached hydrogen (secondary N) is 11. The molecule has 92 heavy (non-hydrogen) atoms. The summed E-state index contributed by atoms with van der Waals surface area (Å²) >= 11 is 0. The number of benzene rings is 4. The van der Waals surface area contributed by atoms with Gasteiger partial charge in [-0.2, -0.15) is 0 Å². The maximum absolute atomic E-state index is 15.0. The number of nitrogens with zero attached hydrogens (tertiary/aromatic N) is 1. The Kier molecular flexibility index (Phi) is 20.0. The Morgan fingerprint density at radius 2 is 0.620 bits per heavy atom. The molecule has 11 N–H and O–H groups in total. The average Bonchev–Trinajstić information content (AvgIpc) is 1.30. The summed E-state index contributed by atoms with van der Waals surface area (Å²) in [6.45, 7) is -0.259. The van der Waals surface area contributed by atoms with Crippen molar-refractivity contribution in [1.82, 2.24) is 63.4 Å². The lowest BCUT2D eigenvalue weighted by atomic mass is 9.89. The van der Waals surface area contributed by atoms with Crippen molar-refractivity contribution in [2.75, 3.05) is 20.1 Å². The lowest BCUT2D eigenvalue weighted by molar-refractivity contribution is -0.130. The lowest BCUT2D eigenvalue weighted by Gasteiger charge is -2.33. The summed E-state index contributed by atoms with van der Waals surface area (Å²) in [7, 11) is 1.49. The Hall–Kier alpha value is -9.48. The van der Waals surface area contributed by atoms with Gasteiger partial charge in [0.2, 0.25) is 11.8 Å². The van der Waals surface area contributed by atoms with Gasteiger partial charge in [-0.05, 0) is 131 Å². The van der Waals surface area contributed by atoms with Crippen LogP contribution >= 0.6 is 0 Å². The largest absolute Gasteiger partial charge is 0.359 e. The van der Waals surface area contributed by atoms with Crippen molar-refractivity contribution < 1.29 is 57.5 Å². The van der Waals surface area contributed by atoms with Crippen LogP contribution in [0.2, 0.25) is 0 Å². The van der Waals surface area contributed by atoms with Crippen LogP contribution in [0.15, 0.2) is 84.9 Å². The van der Waals surface area contributed by atoms with Crippen LogP contribution in [0.1, 0.15) is 226 Å². The Morgan fingerprint density at radius 3 is 0.880 bits per heavy atom. The summed E-state index contributed by atoms with van der Waals surface area (Å²) in [5.74, 6) is -6.29. The third-order valence-electron chi connectivity index (χ3n) is 19.2. The predicted molar refractivity (Wildman–Crippen MR) is 337 cm³/mol. The highest BCUT2D eigenvalue weighted by Crippen LogP contribution is 2.27. The summed E-state index contributed by atoms with van der Waals surface area (Å²) < 4.78 is 0. The molecule has 1 saturated heterocycles. The molecule has 0 spiro atoms. The Balaban J connectivity index is 0.895. The van der Waals surface area contributed by atoms with Gasteiger partial charge in [-0.3, -0.25) is 57.5 Å². The SMILES string of the molecule is CNC(=O)CCCC(=O)N1C[C@H](NC(=O)c2cc3cc(c2)C(=O)N[C@@H]2CCCC[C@H]2NC(=O)c2cccc(c2)C(=O)N[C@@H]2CCCC[C@H]2NC3=O)[C@@H](NC(=O)c2cc3cc(c2)C(=O)N[C@@H]2CCCC[C@H]2NC(=O)c2cccc(c2)C(=O)N[C@@H]2CCCC[C@H]2NC3=O)C1. The normalized spacial score (nSPS) is 26.2. The molecule has 24 heteroatoms. The molecule has 11 rings (SSSR count). The third kappa shape index (κ3) is 15.3. The summed E-state index contributed by atoms with van der Waals surface area (Å²) in [5, 5.41) is 33.0. The molecule has 12 amide bonds. The molecule has 484 valence electrons. The number of hydrogen-bond acceptors (Lipinski definition) is 12. The van der Waals surface area contributed by atoms with Crippen molar-refractivity contribution in [1.29, 1.82) is 0 Å². The van der Waals surface area contributed by atoms with E-state index in [1.165, 1.54) is 60.5 Å². The van der Waals surface area contributed by atoms with E-state index in [4.69, 9.17) is 0 Å². The second-order valence-corrected chi connectivity index (χ2v) is 25.5. The first-order valence-electron chi connectivity index (χ1n) is 32.5. The molecule has 4 aromatic rings.